The zero-order valence-corrected chi connectivity index (χ0v) is 11.4. The molecule has 0 spiro atoms. The fourth-order valence-electron chi connectivity index (χ4n) is 1.98. The molecular weight excluding hydrogens is 250 g/mol. The number of benzene rings is 1. The topological polar surface area (TPSA) is 34.4 Å². The molecule has 2 rings (SSSR count). The third-order valence-electron chi connectivity index (χ3n) is 2.97. The second kappa shape index (κ2) is 5.46. The van der Waals surface area contributed by atoms with E-state index in [1.165, 1.54) is 0 Å². The Morgan fingerprint density at radius 2 is 2.11 bits per heavy atom. The van der Waals surface area contributed by atoms with Gasteiger partial charge in [0, 0.05) is 5.02 Å². The number of methoxy groups -OCH3 is 1. The molecule has 1 N–H and O–H groups in total. The van der Waals surface area contributed by atoms with Crippen LogP contribution in [-0.2, 0) is 0 Å². The molecular formula is C14H16ClNO2. The molecule has 0 bridgehead atoms. The van der Waals surface area contributed by atoms with Crippen LogP contribution in [0.15, 0.2) is 34.9 Å². The van der Waals surface area contributed by atoms with Crippen molar-refractivity contribution < 1.29 is 9.15 Å². The molecule has 1 aromatic heterocycles. The molecule has 0 saturated heterocycles. The molecule has 3 nitrogen and oxygen atoms in total. The van der Waals surface area contributed by atoms with Crippen LogP contribution in [0.3, 0.4) is 0 Å². The average Bonchev–Trinajstić information content (AvgIpc) is 2.78. The predicted molar refractivity (Wildman–Crippen MR) is 72.4 cm³/mol. The second-order valence-electron chi connectivity index (χ2n) is 4.08. The highest BCUT2D eigenvalue weighted by molar-refractivity contribution is 6.31. The molecule has 0 saturated carbocycles. The van der Waals surface area contributed by atoms with E-state index in [4.69, 9.17) is 20.8 Å². The van der Waals surface area contributed by atoms with Crippen LogP contribution >= 0.6 is 11.6 Å². The summed E-state index contributed by atoms with van der Waals surface area (Å²) in [6, 6.07) is 7.53. The van der Waals surface area contributed by atoms with Crippen LogP contribution in [0.2, 0.25) is 5.02 Å². The summed E-state index contributed by atoms with van der Waals surface area (Å²) in [5, 5.41) is 3.88. The third kappa shape index (κ3) is 2.37. The van der Waals surface area contributed by atoms with Gasteiger partial charge in [-0.15, -0.1) is 0 Å². The van der Waals surface area contributed by atoms with Gasteiger partial charge in [-0.25, -0.2) is 0 Å². The van der Waals surface area contributed by atoms with Crippen LogP contribution in [0.1, 0.15) is 22.9 Å². The number of halogens is 1. The van der Waals surface area contributed by atoms with E-state index < -0.39 is 0 Å². The Balaban J connectivity index is 2.42. The van der Waals surface area contributed by atoms with Gasteiger partial charge < -0.3 is 14.5 Å². The minimum Gasteiger partial charge on any atom is -0.497 e. The third-order valence-corrected chi connectivity index (χ3v) is 3.30. The van der Waals surface area contributed by atoms with E-state index in [1.54, 1.807) is 19.4 Å². The Morgan fingerprint density at radius 3 is 2.61 bits per heavy atom. The van der Waals surface area contributed by atoms with Gasteiger partial charge in [0.15, 0.2) is 0 Å². The maximum atomic E-state index is 6.29. The van der Waals surface area contributed by atoms with Crippen LogP contribution in [0, 0.1) is 6.92 Å². The fraction of sp³-hybridized carbons (Fsp3) is 0.286. The highest BCUT2D eigenvalue weighted by Gasteiger charge is 2.20. The van der Waals surface area contributed by atoms with E-state index in [0.717, 1.165) is 22.6 Å². The van der Waals surface area contributed by atoms with E-state index in [1.807, 2.05) is 32.2 Å². The summed E-state index contributed by atoms with van der Waals surface area (Å²) in [5.41, 5.74) is 2.07. The molecule has 2 aromatic rings. The molecule has 1 aromatic carbocycles. The molecule has 0 fully saturated rings. The SMILES string of the molecule is CNC(c1ccc(OC)cc1Cl)c1occc1C. The summed E-state index contributed by atoms with van der Waals surface area (Å²) in [6.45, 7) is 2.01. The van der Waals surface area contributed by atoms with Crippen molar-refractivity contribution in [3.63, 3.8) is 0 Å². The van der Waals surface area contributed by atoms with Crippen molar-refractivity contribution in [2.45, 2.75) is 13.0 Å². The quantitative estimate of drug-likeness (QED) is 0.918. The molecule has 1 heterocycles. The van der Waals surface area contributed by atoms with Gasteiger partial charge in [-0.2, -0.15) is 0 Å². The Kier molecular flexibility index (Phi) is 3.94. The van der Waals surface area contributed by atoms with Crippen molar-refractivity contribution in [1.29, 1.82) is 0 Å². The van der Waals surface area contributed by atoms with Crippen molar-refractivity contribution in [2.75, 3.05) is 14.2 Å². The number of furan rings is 1. The van der Waals surface area contributed by atoms with Gasteiger partial charge in [-0.3, -0.25) is 0 Å². The minimum atomic E-state index is -0.0570. The van der Waals surface area contributed by atoms with Crippen molar-refractivity contribution in [2.24, 2.45) is 0 Å². The van der Waals surface area contributed by atoms with Crippen LogP contribution in [0.4, 0.5) is 0 Å². The lowest BCUT2D eigenvalue weighted by atomic mass is 10.0. The zero-order valence-electron chi connectivity index (χ0n) is 10.7. The van der Waals surface area contributed by atoms with Crippen molar-refractivity contribution in [3.8, 4) is 5.75 Å². The Bertz CT molecular complexity index is 536. The normalized spacial score (nSPS) is 12.4. The zero-order chi connectivity index (χ0) is 13.1. The lowest BCUT2D eigenvalue weighted by molar-refractivity contribution is 0.414. The molecule has 18 heavy (non-hydrogen) atoms. The second-order valence-corrected chi connectivity index (χ2v) is 4.48. The van der Waals surface area contributed by atoms with E-state index >= 15 is 0 Å². The van der Waals surface area contributed by atoms with Gasteiger partial charge in [0.1, 0.15) is 11.5 Å². The molecule has 0 aliphatic carbocycles. The highest BCUT2D eigenvalue weighted by Crippen LogP contribution is 2.32. The summed E-state index contributed by atoms with van der Waals surface area (Å²) in [5.74, 6) is 1.62. The van der Waals surface area contributed by atoms with E-state index in [2.05, 4.69) is 5.32 Å². The fourth-order valence-corrected chi connectivity index (χ4v) is 2.26. The minimum absolute atomic E-state index is 0.0570. The highest BCUT2D eigenvalue weighted by atomic mass is 35.5. The van der Waals surface area contributed by atoms with Gasteiger partial charge in [0.25, 0.3) is 0 Å². The maximum Gasteiger partial charge on any atom is 0.128 e. The number of ether oxygens (including phenoxy) is 1. The monoisotopic (exact) mass is 265 g/mol. The molecule has 4 heteroatoms. The maximum absolute atomic E-state index is 6.29. The number of rotatable bonds is 4. The smallest absolute Gasteiger partial charge is 0.128 e. The van der Waals surface area contributed by atoms with E-state index in [-0.39, 0.29) is 6.04 Å². The van der Waals surface area contributed by atoms with Crippen LogP contribution in [0.5, 0.6) is 5.75 Å². The van der Waals surface area contributed by atoms with E-state index in [9.17, 15) is 0 Å². The first-order valence-corrected chi connectivity index (χ1v) is 6.10. The number of nitrogens with one attached hydrogen (secondary N) is 1. The standard InChI is InChI=1S/C14H16ClNO2/c1-9-6-7-18-14(9)13(16-2)11-5-4-10(17-3)8-12(11)15/h4-8,13,16H,1-3H3. The summed E-state index contributed by atoms with van der Waals surface area (Å²) in [6.07, 6.45) is 1.69. The number of aryl methyl sites for hydroxylation is 1. The lowest BCUT2D eigenvalue weighted by Crippen LogP contribution is -2.18. The summed E-state index contributed by atoms with van der Waals surface area (Å²) in [7, 11) is 3.50. The van der Waals surface area contributed by atoms with Gasteiger partial charge in [0.2, 0.25) is 0 Å². The molecule has 0 aliphatic rings. The molecule has 0 aliphatic heterocycles. The van der Waals surface area contributed by atoms with Crippen molar-refractivity contribution >= 4 is 11.6 Å². The average molecular weight is 266 g/mol. The molecule has 96 valence electrons. The molecule has 1 atom stereocenters. The van der Waals surface area contributed by atoms with Crippen LogP contribution in [-0.4, -0.2) is 14.2 Å². The summed E-state index contributed by atoms with van der Waals surface area (Å²) in [4.78, 5) is 0. The van der Waals surface area contributed by atoms with Gasteiger partial charge >= 0.3 is 0 Å². The van der Waals surface area contributed by atoms with Crippen LogP contribution in [0.25, 0.3) is 0 Å². The first-order chi connectivity index (χ1) is 8.67. The lowest BCUT2D eigenvalue weighted by Gasteiger charge is -2.17. The molecule has 1 unspecified atom stereocenters. The first-order valence-electron chi connectivity index (χ1n) is 5.72. The first kappa shape index (κ1) is 13.0. The molecule has 0 radical (unpaired) electrons. The summed E-state index contributed by atoms with van der Waals surface area (Å²) >= 11 is 6.29. The van der Waals surface area contributed by atoms with E-state index in [0.29, 0.717) is 5.02 Å². The van der Waals surface area contributed by atoms with Crippen molar-refractivity contribution in [3.05, 3.63) is 52.4 Å². The Hall–Kier alpha value is -1.45. The largest absolute Gasteiger partial charge is 0.497 e. The van der Waals surface area contributed by atoms with Gasteiger partial charge in [-0.1, -0.05) is 17.7 Å². The number of hydrogen-bond acceptors (Lipinski definition) is 3. The summed E-state index contributed by atoms with van der Waals surface area (Å²) < 4.78 is 10.7. The Labute approximate surface area is 112 Å². The predicted octanol–water partition coefficient (Wildman–Crippen LogP) is 3.56. The van der Waals surface area contributed by atoms with Crippen molar-refractivity contribution in [1.82, 2.24) is 5.32 Å². The van der Waals surface area contributed by atoms with Gasteiger partial charge in [0.05, 0.1) is 19.4 Å². The Morgan fingerprint density at radius 1 is 1.33 bits per heavy atom. The number of hydrogen-bond donors (Lipinski definition) is 1. The molecule has 0 amide bonds. The van der Waals surface area contributed by atoms with Crippen LogP contribution < -0.4 is 10.1 Å². The van der Waals surface area contributed by atoms with Gasteiger partial charge in [-0.05, 0) is 43.3 Å².